The van der Waals surface area contributed by atoms with Gasteiger partial charge in [0.15, 0.2) is 0 Å². The van der Waals surface area contributed by atoms with E-state index in [1.54, 1.807) is 6.92 Å². The highest BCUT2D eigenvalue weighted by atomic mass is 35.5. The Balaban J connectivity index is 0.00000625. The summed E-state index contributed by atoms with van der Waals surface area (Å²) >= 11 is 0. The molecule has 0 spiro atoms. The van der Waals surface area contributed by atoms with E-state index in [9.17, 15) is 22.8 Å². The molecule has 9 heteroatoms. The third kappa shape index (κ3) is 6.49. The number of carbonyl (C=O) groups is 2. The maximum atomic E-state index is 13.0. The van der Waals surface area contributed by atoms with Gasteiger partial charge in [-0.25, -0.2) is 0 Å². The molecule has 0 heterocycles. The zero-order valence-corrected chi connectivity index (χ0v) is 15.8. The molecular formula is C17H25ClF3N3O2. The van der Waals surface area contributed by atoms with Gasteiger partial charge in [-0.05, 0) is 25.0 Å². The summed E-state index contributed by atoms with van der Waals surface area (Å²) in [6.07, 6.45) is -3.88. The molecule has 148 valence electrons. The van der Waals surface area contributed by atoms with Gasteiger partial charge in [-0.3, -0.25) is 9.59 Å². The first kappa shape index (κ1) is 24.2. The molecule has 0 aliphatic heterocycles. The minimum Gasteiger partial charge on any atom is -0.332 e. The molecule has 0 saturated carbocycles. The van der Waals surface area contributed by atoms with Crippen molar-refractivity contribution in [2.24, 2.45) is 11.7 Å². The third-order valence-corrected chi connectivity index (χ3v) is 4.08. The topological polar surface area (TPSA) is 75.4 Å². The number of hydrogen-bond acceptors (Lipinski definition) is 3. The van der Waals surface area contributed by atoms with Gasteiger partial charge in [0.1, 0.15) is 0 Å². The van der Waals surface area contributed by atoms with Crippen molar-refractivity contribution in [1.29, 1.82) is 0 Å². The summed E-state index contributed by atoms with van der Waals surface area (Å²) in [4.78, 5) is 25.7. The van der Waals surface area contributed by atoms with E-state index < -0.39 is 29.6 Å². The van der Waals surface area contributed by atoms with E-state index >= 15 is 0 Å². The minimum absolute atomic E-state index is 0. The van der Waals surface area contributed by atoms with Crippen LogP contribution >= 0.6 is 12.4 Å². The molecule has 0 aromatic heterocycles. The quantitative estimate of drug-likeness (QED) is 0.743. The van der Waals surface area contributed by atoms with Crippen molar-refractivity contribution in [1.82, 2.24) is 4.90 Å². The fourth-order valence-electron chi connectivity index (χ4n) is 2.26. The van der Waals surface area contributed by atoms with Crippen LogP contribution < -0.4 is 11.1 Å². The molecule has 0 radical (unpaired) electrons. The summed E-state index contributed by atoms with van der Waals surface area (Å²) in [5.74, 6) is -1.16. The molecule has 1 rings (SSSR count). The van der Waals surface area contributed by atoms with E-state index in [-0.39, 0.29) is 37.1 Å². The zero-order valence-electron chi connectivity index (χ0n) is 15.0. The molecule has 0 bridgehead atoms. The van der Waals surface area contributed by atoms with E-state index in [2.05, 4.69) is 5.32 Å². The molecule has 0 aliphatic carbocycles. The van der Waals surface area contributed by atoms with Gasteiger partial charge in [-0.1, -0.05) is 32.4 Å². The molecule has 26 heavy (non-hydrogen) atoms. The van der Waals surface area contributed by atoms with Crippen LogP contribution in [-0.2, 0) is 15.8 Å². The van der Waals surface area contributed by atoms with Crippen LogP contribution in [0.3, 0.4) is 0 Å². The molecule has 0 aliphatic rings. The SMILES string of the molecule is CCC(C)C(N)C(=O)N(CC)CC(=O)Nc1ccccc1C(F)(F)F.Cl. The normalized spacial score (nSPS) is 13.3. The van der Waals surface area contributed by atoms with Gasteiger partial charge in [0.25, 0.3) is 0 Å². The summed E-state index contributed by atoms with van der Waals surface area (Å²) in [5, 5.41) is 2.23. The van der Waals surface area contributed by atoms with Crippen LogP contribution in [0.4, 0.5) is 18.9 Å². The van der Waals surface area contributed by atoms with Crippen LogP contribution in [0.1, 0.15) is 32.8 Å². The molecule has 2 amide bonds. The van der Waals surface area contributed by atoms with Gasteiger partial charge in [0.05, 0.1) is 23.8 Å². The van der Waals surface area contributed by atoms with Crippen molar-refractivity contribution >= 4 is 29.9 Å². The number of nitrogens with zero attached hydrogens (tertiary/aromatic N) is 1. The Morgan fingerprint density at radius 3 is 2.31 bits per heavy atom. The average Bonchev–Trinajstić information content (AvgIpc) is 2.57. The van der Waals surface area contributed by atoms with Gasteiger partial charge in [0, 0.05) is 6.54 Å². The maximum absolute atomic E-state index is 13.0. The van der Waals surface area contributed by atoms with E-state index in [0.29, 0.717) is 6.42 Å². The van der Waals surface area contributed by atoms with Gasteiger partial charge in [0.2, 0.25) is 11.8 Å². The van der Waals surface area contributed by atoms with Crippen molar-refractivity contribution in [3.8, 4) is 0 Å². The molecule has 3 N–H and O–H groups in total. The van der Waals surface area contributed by atoms with Crippen LogP contribution in [0.25, 0.3) is 0 Å². The highest BCUT2D eigenvalue weighted by Crippen LogP contribution is 2.34. The summed E-state index contributed by atoms with van der Waals surface area (Å²) < 4.78 is 38.9. The lowest BCUT2D eigenvalue weighted by Gasteiger charge is -2.26. The van der Waals surface area contributed by atoms with Gasteiger partial charge >= 0.3 is 6.18 Å². The number of para-hydroxylation sites is 1. The standard InChI is InChI=1S/C17H24F3N3O2.ClH/c1-4-11(3)15(21)16(25)23(5-2)10-14(24)22-13-9-7-6-8-12(13)17(18,19)20;/h6-9,11,15H,4-5,10,21H2,1-3H3,(H,22,24);1H. The van der Waals surface area contributed by atoms with Crippen LogP contribution in [0, 0.1) is 5.92 Å². The molecule has 2 unspecified atom stereocenters. The Morgan fingerprint density at radius 1 is 1.23 bits per heavy atom. The van der Waals surface area contributed by atoms with E-state index in [0.717, 1.165) is 6.07 Å². The lowest BCUT2D eigenvalue weighted by Crippen LogP contribution is -2.49. The van der Waals surface area contributed by atoms with Gasteiger partial charge in [-0.2, -0.15) is 13.2 Å². The Hall–Kier alpha value is -1.80. The Labute approximate surface area is 157 Å². The molecular weight excluding hydrogens is 371 g/mol. The predicted molar refractivity (Wildman–Crippen MR) is 97.0 cm³/mol. The average molecular weight is 396 g/mol. The van der Waals surface area contributed by atoms with Crippen LogP contribution in [0.5, 0.6) is 0 Å². The molecule has 1 aromatic rings. The predicted octanol–water partition coefficient (Wildman–Crippen LogP) is 3.29. The zero-order chi connectivity index (χ0) is 19.2. The Bertz CT molecular complexity index is 611. The first-order valence-corrected chi connectivity index (χ1v) is 8.12. The van der Waals surface area contributed by atoms with Gasteiger partial charge < -0.3 is 16.0 Å². The number of alkyl halides is 3. The first-order chi connectivity index (χ1) is 11.6. The van der Waals surface area contributed by atoms with E-state index in [1.807, 2.05) is 13.8 Å². The number of benzene rings is 1. The number of rotatable bonds is 7. The lowest BCUT2D eigenvalue weighted by molar-refractivity contribution is -0.138. The second-order valence-corrected chi connectivity index (χ2v) is 5.86. The van der Waals surface area contributed by atoms with Crippen molar-refractivity contribution in [2.45, 2.75) is 39.4 Å². The first-order valence-electron chi connectivity index (χ1n) is 8.12. The monoisotopic (exact) mass is 395 g/mol. The lowest BCUT2D eigenvalue weighted by atomic mass is 9.99. The second-order valence-electron chi connectivity index (χ2n) is 5.86. The fraction of sp³-hybridized carbons (Fsp3) is 0.529. The summed E-state index contributed by atoms with van der Waals surface area (Å²) in [7, 11) is 0. The summed E-state index contributed by atoms with van der Waals surface area (Å²) in [6, 6.07) is 3.94. The number of likely N-dealkylation sites (N-methyl/N-ethyl adjacent to an activating group) is 1. The van der Waals surface area contributed by atoms with Crippen LogP contribution in [0.2, 0.25) is 0 Å². The Morgan fingerprint density at radius 2 is 1.81 bits per heavy atom. The number of anilines is 1. The molecule has 0 fully saturated rings. The van der Waals surface area contributed by atoms with E-state index in [1.165, 1.54) is 23.1 Å². The number of amides is 2. The van der Waals surface area contributed by atoms with E-state index in [4.69, 9.17) is 5.73 Å². The maximum Gasteiger partial charge on any atom is 0.418 e. The second kappa shape index (κ2) is 10.4. The highest BCUT2D eigenvalue weighted by molar-refractivity contribution is 5.95. The van der Waals surface area contributed by atoms with Crippen molar-refractivity contribution in [2.75, 3.05) is 18.4 Å². The number of nitrogens with one attached hydrogen (secondary N) is 1. The number of carbonyl (C=O) groups excluding carboxylic acids is 2. The molecule has 0 saturated heterocycles. The summed E-state index contributed by atoms with van der Waals surface area (Å²) in [5.41, 5.74) is 4.61. The van der Waals surface area contributed by atoms with Crippen LogP contribution in [-0.4, -0.2) is 35.8 Å². The largest absolute Gasteiger partial charge is 0.418 e. The number of hydrogen-bond donors (Lipinski definition) is 2. The van der Waals surface area contributed by atoms with Gasteiger partial charge in [-0.15, -0.1) is 12.4 Å². The van der Waals surface area contributed by atoms with Crippen LogP contribution in [0.15, 0.2) is 24.3 Å². The minimum atomic E-state index is -4.58. The highest BCUT2D eigenvalue weighted by Gasteiger charge is 2.34. The van der Waals surface area contributed by atoms with Crippen molar-refractivity contribution < 1.29 is 22.8 Å². The number of halogens is 4. The molecule has 5 nitrogen and oxygen atoms in total. The summed E-state index contributed by atoms with van der Waals surface area (Å²) in [6.45, 7) is 5.28. The van der Waals surface area contributed by atoms with Crippen molar-refractivity contribution in [3.63, 3.8) is 0 Å². The smallest absolute Gasteiger partial charge is 0.332 e. The molecule has 2 atom stereocenters. The fourth-order valence-corrected chi connectivity index (χ4v) is 2.26. The third-order valence-electron chi connectivity index (χ3n) is 4.08. The Kier molecular flexibility index (Phi) is 9.66. The van der Waals surface area contributed by atoms with Crippen molar-refractivity contribution in [3.05, 3.63) is 29.8 Å². The number of nitrogens with two attached hydrogens (primary N) is 1. The molecule has 1 aromatic carbocycles.